The molecule has 2 N–H and O–H groups in total. The molecule has 5 nitrogen and oxygen atoms in total. The maximum atomic E-state index is 13.2. The largest absolute Gasteiger partial charge is 0.481 e. The van der Waals surface area contributed by atoms with Crippen molar-refractivity contribution in [1.82, 2.24) is 9.55 Å². The van der Waals surface area contributed by atoms with Crippen LogP contribution in [0, 0.1) is 5.82 Å². The van der Waals surface area contributed by atoms with Gasteiger partial charge in [-0.15, -0.1) is 0 Å². The van der Waals surface area contributed by atoms with Crippen LogP contribution < -0.4 is 5.32 Å². The zero-order chi connectivity index (χ0) is 14.0. The number of fused-ring (bicyclic) bond motifs is 1. The smallest absolute Gasteiger partial charge is 0.305 e. The number of carbonyl (C=O) groups is 1. The summed E-state index contributed by atoms with van der Waals surface area (Å²) in [6.07, 6.45) is -0.00435. The van der Waals surface area contributed by atoms with Crippen LogP contribution in [0.15, 0.2) is 18.2 Å². The molecule has 2 rings (SSSR count). The van der Waals surface area contributed by atoms with Crippen molar-refractivity contribution in [3.8, 4) is 0 Å². The molecule has 2 aromatic rings. The zero-order valence-corrected chi connectivity index (χ0v) is 10.9. The summed E-state index contributed by atoms with van der Waals surface area (Å²) >= 11 is 0. The number of anilines is 1. The molecule has 1 heterocycles. The van der Waals surface area contributed by atoms with E-state index in [1.165, 1.54) is 12.1 Å². The molecular formula is C13H16FN3O2. The number of aryl methyl sites for hydroxylation is 1. The Hall–Kier alpha value is -2.11. The summed E-state index contributed by atoms with van der Waals surface area (Å²) in [6.45, 7) is 4.22. The van der Waals surface area contributed by atoms with Crippen LogP contribution in [0.2, 0.25) is 0 Å². The first kappa shape index (κ1) is 13.3. The second-order valence-corrected chi connectivity index (χ2v) is 4.66. The lowest BCUT2D eigenvalue weighted by molar-refractivity contribution is -0.137. The van der Waals surface area contributed by atoms with Crippen molar-refractivity contribution in [1.29, 1.82) is 0 Å². The fourth-order valence-electron chi connectivity index (χ4n) is 1.91. The standard InChI is InChI=1S/C13H16FN3O2/c1-8(2)15-13-16-10-7-9(14)3-4-11(10)17(13)6-5-12(18)19/h3-4,7-8H,5-6H2,1-2H3,(H,15,16)(H,18,19). The van der Waals surface area contributed by atoms with Gasteiger partial charge in [-0.2, -0.15) is 0 Å². The quantitative estimate of drug-likeness (QED) is 0.871. The Kier molecular flexibility index (Phi) is 3.69. The summed E-state index contributed by atoms with van der Waals surface area (Å²) in [5.41, 5.74) is 1.25. The highest BCUT2D eigenvalue weighted by Crippen LogP contribution is 2.21. The van der Waals surface area contributed by atoms with E-state index in [0.717, 1.165) is 5.52 Å². The van der Waals surface area contributed by atoms with E-state index in [1.54, 1.807) is 10.6 Å². The normalized spacial score (nSPS) is 11.2. The number of benzene rings is 1. The Morgan fingerprint density at radius 1 is 1.53 bits per heavy atom. The fraction of sp³-hybridized carbons (Fsp3) is 0.385. The van der Waals surface area contributed by atoms with Crippen LogP contribution in [0.5, 0.6) is 0 Å². The third-order valence-corrected chi connectivity index (χ3v) is 2.68. The predicted molar refractivity (Wildman–Crippen MR) is 70.7 cm³/mol. The molecule has 0 bridgehead atoms. The summed E-state index contributed by atoms with van der Waals surface area (Å²) in [4.78, 5) is 15.0. The SMILES string of the molecule is CC(C)Nc1nc2cc(F)ccc2n1CCC(=O)O. The van der Waals surface area contributed by atoms with E-state index in [0.29, 0.717) is 18.0 Å². The second kappa shape index (κ2) is 5.26. The van der Waals surface area contributed by atoms with E-state index < -0.39 is 5.97 Å². The Labute approximate surface area is 110 Å². The Morgan fingerprint density at radius 2 is 2.26 bits per heavy atom. The minimum atomic E-state index is -0.876. The first-order valence-corrected chi connectivity index (χ1v) is 6.11. The molecule has 0 saturated carbocycles. The number of nitrogens with one attached hydrogen (secondary N) is 1. The highest BCUT2D eigenvalue weighted by molar-refractivity contribution is 5.79. The summed E-state index contributed by atoms with van der Waals surface area (Å²) < 4.78 is 15.0. The van der Waals surface area contributed by atoms with Crippen LogP contribution in [0.4, 0.5) is 10.3 Å². The number of aromatic nitrogens is 2. The van der Waals surface area contributed by atoms with Gasteiger partial charge in [-0.05, 0) is 26.0 Å². The van der Waals surface area contributed by atoms with Gasteiger partial charge < -0.3 is 15.0 Å². The van der Waals surface area contributed by atoms with Crippen LogP contribution in [0.3, 0.4) is 0 Å². The molecule has 0 saturated heterocycles. The molecule has 0 aliphatic carbocycles. The third-order valence-electron chi connectivity index (χ3n) is 2.68. The Morgan fingerprint density at radius 3 is 2.89 bits per heavy atom. The zero-order valence-electron chi connectivity index (χ0n) is 10.9. The van der Waals surface area contributed by atoms with Gasteiger partial charge in [0.05, 0.1) is 17.5 Å². The molecule has 0 unspecified atom stereocenters. The lowest BCUT2D eigenvalue weighted by Gasteiger charge is -2.12. The molecule has 0 spiro atoms. The average Bonchev–Trinajstić information content (AvgIpc) is 2.61. The molecule has 0 aliphatic heterocycles. The maximum absolute atomic E-state index is 13.2. The van der Waals surface area contributed by atoms with Gasteiger partial charge in [-0.1, -0.05) is 0 Å². The number of hydrogen-bond acceptors (Lipinski definition) is 3. The number of aliphatic carboxylic acids is 1. The van der Waals surface area contributed by atoms with Gasteiger partial charge in [0.2, 0.25) is 5.95 Å². The number of rotatable bonds is 5. The topological polar surface area (TPSA) is 67.2 Å². The van der Waals surface area contributed by atoms with Crippen LogP contribution in [0.1, 0.15) is 20.3 Å². The lowest BCUT2D eigenvalue weighted by atomic mass is 10.3. The highest BCUT2D eigenvalue weighted by Gasteiger charge is 2.13. The van der Waals surface area contributed by atoms with Gasteiger partial charge in [-0.25, -0.2) is 9.37 Å². The van der Waals surface area contributed by atoms with Crippen molar-refractivity contribution in [3.63, 3.8) is 0 Å². The molecule has 6 heteroatoms. The minimum absolute atomic E-state index is 0.00435. The molecule has 0 radical (unpaired) electrons. The van der Waals surface area contributed by atoms with E-state index in [2.05, 4.69) is 10.3 Å². The predicted octanol–water partition coefficient (Wildman–Crippen LogP) is 2.47. The first-order chi connectivity index (χ1) is 8.97. The fourth-order valence-corrected chi connectivity index (χ4v) is 1.91. The summed E-state index contributed by atoms with van der Waals surface area (Å²) in [5, 5.41) is 11.9. The first-order valence-electron chi connectivity index (χ1n) is 6.11. The number of hydrogen-bond donors (Lipinski definition) is 2. The van der Waals surface area contributed by atoms with Crippen molar-refractivity contribution in [2.75, 3.05) is 5.32 Å². The minimum Gasteiger partial charge on any atom is -0.481 e. The highest BCUT2D eigenvalue weighted by atomic mass is 19.1. The summed E-state index contributed by atoms with van der Waals surface area (Å²) in [7, 11) is 0. The molecule has 0 aliphatic rings. The van der Waals surface area contributed by atoms with Gasteiger partial charge in [-0.3, -0.25) is 4.79 Å². The van der Waals surface area contributed by atoms with E-state index in [9.17, 15) is 9.18 Å². The van der Waals surface area contributed by atoms with Crippen LogP contribution in [-0.2, 0) is 11.3 Å². The molecule has 1 aromatic heterocycles. The second-order valence-electron chi connectivity index (χ2n) is 4.66. The van der Waals surface area contributed by atoms with Crippen molar-refractivity contribution >= 4 is 23.0 Å². The Bertz CT molecular complexity index is 607. The number of carboxylic acids is 1. The van der Waals surface area contributed by atoms with Crippen LogP contribution >= 0.6 is 0 Å². The molecule has 0 atom stereocenters. The van der Waals surface area contributed by atoms with Gasteiger partial charge in [0, 0.05) is 18.7 Å². The summed E-state index contributed by atoms with van der Waals surface area (Å²) in [5.74, 6) is -0.664. The lowest BCUT2D eigenvalue weighted by Crippen LogP contribution is -2.15. The van der Waals surface area contributed by atoms with E-state index in [-0.39, 0.29) is 18.3 Å². The third kappa shape index (κ3) is 3.01. The van der Waals surface area contributed by atoms with E-state index >= 15 is 0 Å². The van der Waals surface area contributed by atoms with Crippen LogP contribution in [0.25, 0.3) is 11.0 Å². The van der Waals surface area contributed by atoms with Crippen molar-refractivity contribution in [2.45, 2.75) is 32.9 Å². The monoisotopic (exact) mass is 265 g/mol. The molecule has 19 heavy (non-hydrogen) atoms. The molecular weight excluding hydrogens is 249 g/mol. The summed E-state index contributed by atoms with van der Waals surface area (Å²) in [6, 6.07) is 4.47. The van der Waals surface area contributed by atoms with Gasteiger partial charge in [0.25, 0.3) is 0 Å². The molecule has 102 valence electrons. The molecule has 1 aromatic carbocycles. The van der Waals surface area contributed by atoms with Gasteiger partial charge in [0.1, 0.15) is 5.82 Å². The van der Waals surface area contributed by atoms with Crippen molar-refractivity contribution in [3.05, 3.63) is 24.0 Å². The van der Waals surface area contributed by atoms with Gasteiger partial charge >= 0.3 is 5.97 Å². The van der Waals surface area contributed by atoms with Crippen molar-refractivity contribution in [2.24, 2.45) is 0 Å². The molecule has 0 fully saturated rings. The van der Waals surface area contributed by atoms with Crippen LogP contribution in [-0.4, -0.2) is 26.7 Å². The number of nitrogens with zero attached hydrogens (tertiary/aromatic N) is 2. The number of halogens is 1. The average molecular weight is 265 g/mol. The maximum Gasteiger partial charge on any atom is 0.305 e. The van der Waals surface area contributed by atoms with E-state index in [1.807, 2.05) is 13.8 Å². The van der Waals surface area contributed by atoms with Crippen molar-refractivity contribution < 1.29 is 14.3 Å². The Balaban J connectivity index is 2.45. The number of imidazole rings is 1. The molecule has 0 amide bonds. The van der Waals surface area contributed by atoms with E-state index in [4.69, 9.17) is 5.11 Å². The number of carboxylic acid groups (broad SMARTS) is 1. The van der Waals surface area contributed by atoms with Gasteiger partial charge in [0.15, 0.2) is 0 Å².